The number of hydrogen-bond donors (Lipinski definition) is 1. The van der Waals surface area contributed by atoms with Gasteiger partial charge < -0.3 is 5.32 Å². The summed E-state index contributed by atoms with van der Waals surface area (Å²) in [5.74, 6) is 0. The number of nitrogens with one attached hydrogen (secondary N) is 1. The molecular formula is C8H18ClN. The number of halogens is 1. The van der Waals surface area contributed by atoms with Gasteiger partial charge in [-0.3, -0.25) is 0 Å². The highest BCUT2D eigenvalue weighted by Crippen LogP contribution is 2.04. The van der Waals surface area contributed by atoms with Gasteiger partial charge in [0, 0.05) is 11.4 Å². The summed E-state index contributed by atoms with van der Waals surface area (Å²) in [4.78, 5) is 0. The molecule has 0 saturated heterocycles. The number of rotatable bonds is 5. The molecule has 0 aliphatic rings. The zero-order valence-corrected chi connectivity index (χ0v) is 7.91. The molecule has 1 nitrogen and oxygen atoms in total. The third kappa shape index (κ3) is 6.37. The van der Waals surface area contributed by atoms with E-state index in [0.29, 0.717) is 11.4 Å². The van der Waals surface area contributed by atoms with Crippen molar-refractivity contribution >= 4 is 11.6 Å². The minimum Gasteiger partial charge on any atom is -0.314 e. The molecule has 0 aromatic carbocycles. The first kappa shape index (κ1) is 10.2. The molecule has 0 aromatic rings. The fourth-order valence-electron chi connectivity index (χ4n) is 0.733. The van der Waals surface area contributed by atoms with Gasteiger partial charge in [-0.1, -0.05) is 20.8 Å². The van der Waals surface area contributed by atoms with E-state index < -0.39 is 0 Å². The van der Waals surface area contributed by atoms with E-state index in [-0.39, 0.29) is 0 Å². The number of alkyl halides is 1. The van der Waals surface area contributed by atoms with E-state index in [1.54, 1.807) is 0 Å². The SMILES string of the molecule is CCC(Cl)CCNC(C)C. The van der Waals surface area contributed by atoms with Crippen LogP contribution in [-0.2, 0) is 0 Å². The fraction of sp³-hybridized carbons (Fsp3) is 1.00. The summed E-state index contributed by atoms with van der Waals surface area (Å²) < 4.78 is 0. The summed E-state index contributed by atoms with van der Waals surface area (Å²) in [6.07, 6.45) is 2.15. The molecule has 0 aliphatic heterocycles. The molecule has 0 saturated carbocycles. The third-order valence-corrected chi connectivity index (χ3v) is 1.98. The van der Waals surface area contributed by atoms with Crippen molar-refractivity contribution in [3.8, 4) is 0 Å². The molecule has 1 N–H and O–H groups in total. The molecule has 0 aliphatic carbocycles. The molecule has 0 amide bonds. The van der Waals surface area contributed by atoms with E-state index in [0.717, 1.165) is 19.4 Å². The highest BCUT2D eigenvalue weighted by Gasteiger charge is 1.99. The summed E-state index contributed by atoms with van der Waals surface area (Å²) in [6, 6.07) is 0.584. The molecule has 0 fully saturated rings. The van der Waals surface area contributed by atoms with Crippen LogP contribution in [0.4, 0.5) is 0 Å². The third-order valence-electron chi connectivity index (χ3n) is 1.45. The largest absolute Gasteiger partial charge is 0.314 e. The second-order valence-electron chi connectivity index (χ2n) is 2.90. The Labute approximate surface area is 69.1 Å². The van der Waals surface area contributed by atoms with Crippen LogP contribution in [-0.4, -0.2) is 18.0 Å². The van der Waals surface area contributed by atoms with Crippen LogP contribution in [0.25, 0.3) is 0 Å². The van der Waals surface area contributed by atoms with Crippen LogP contribution in [0.5, 0.6) is 0 Å². The van der Waals surface area contributed by atoms with Crippen molar-refractivity contribution in [1.82, 2.24) is 5.32 Å². The van der Waals surface area contributed by atoms with Gasteiger partial charge in [-0.05, 0) is 19.4 Å². The van der Waals surface area contributed by atoms with Gasteiger partial charge in [-0.15, -0.1) is 11.6 Å². The Bertz CT molecular complexity index is 73.7. The fourth-order valence-corrected chi connectivity index (χ4v) is 0.842. The molecule has 10 heavy (non-hydrogen) atoms. The van der Waals surface area contributed by atoms with Gasteiger partial charge in [-0.25, -0.2) is 0 Å². The molecule has 0 radical (unpaired) electrons. The van der Waals surface area contributed by atoms with Crippen molar-refractivity contribution in [2.24, 2.45) is 0 Å². The van der Waals surface area contributed by atoms with Gasteiger partial charge in [0.15, 0.2) is 0 Å². The summed E-state index contributed by atoms with van der Waals surface area (Å²) in [6.45, 7) is 7.46. The summed E-state index contributed by atoms with van der Waals surface area (Å²) in [7, 11) is 0. The van der Waals surface area contributed by atoms with Crippen LogP contribution in [0.15, 0.2) is 0 Å². The quantitative estimate of drug-likeness (QED) is 0.614. The van der Waals surface area contributed by atoms with Crippen molar-refractivity contribution in [3.05, 3.63) is 0 Å². The van der Waals surface area contributed by atoms with Crippen LogP contribution < -0.4 is 5.32 Å². The van der Waals surface area contributed by atoms with E-state index in [1.807, 2.05) is 0 Å². The zero-order valence-electron chi connectivity index (χ0n) is 7.15. The van der Waals surface area contributed by atoms with E-state index in [9.17, 15) is 0 Å². The lowest BCUT2D eigenvalue weighted by Gasteiger charge is -2.09. The normalized spacial score (nSPS) is 14.1. The van der Waals surface area contributed by atoms with Crippen molar-refractivity contribution in [3.63, 3.8) is 0 Å². The van der Waals surface area contributed by atoms with Crippen molar-refractivity contribution in [2.45, 2.75) is 45.0 Å². The van der Waals surface area contributed by atoms with Gasteiger partial charge in [0.05, 0.1) is 0 Å². The summed E-state index contributed by atoms with van der Waals surface area (Å²) in [5.41, 5.74) is 0. The molecule has 0 spiro atoms. The summed E-state index contributed by atoms with van der Waals surface area (Å²) >= 11 is 5.91. The summed E-state index contributed by atoms with van der Waals surface area (Å²) in [5, 5.41) is 3.68. The highest BCUT2D eigenvalue weighted by atomic mass is 35.5. The molecule has 0 heterocycles. The average Bonchev–Trinajstić information content (AvgIpc) is 1.87. The minimum atomic E-state index is 0.353. The number of hydrogen-bond acceptors (Lipinski definition) is 1. The van der Waals surface area contributed by atoms with E-state index in [4.69, 9.17) is 11.6 Å². The van der Waals surface area contributed by atoms with Crippen LogP contribution >= 0.6 is 11.6 Å². The standard InChI is InChI=1S/C8H18ClN/c1-4-8(9)5-6-10-7(2)3/h7-8,10H,4-6H2,1-3H3. The molecular weight excluding hydrogens is 146 g/mol. The lowest BCUT2D eigenvalue weighted by molar-refractivity contribution is 0.557. The van der Waals surface area contributed by atoms with Gasteiger partial charge in [0.25, 0.3) is 0 Å². The Morgan fingerprint density at radius 3 is 2.40 bits per heavy atom. The van der Waals surface area contributed by atoms with Crippen molar-refractivity contribution in [2.75, 3.05) is 6.54 Å². The molecule has 0 bridgehead atoms. The predicted molar refractivity (Wildman–Crippen MR) is 47.7 cm³/mol. The maximum atomic E-state index is 5.91. The van der Waals surface area contributed by atoms with Crippen LogP contribution in [0.1, 0.15) is 33.6 Å². The first-order chi connectivity index (χ1) is 4.66. The second kappa shape index (κ2) is 5.99. The lowest BCUT2D eigenvalue weighted by atomic mass is 10.2. The average molecular weight is 164 g/mol. The van der Waals surface area contributed by atoms with Crippen LogP contribution in [0.3, 0.4) is 0 Å². The molecule has 1 unspecified atom stereocenters. The maximum absolute atomic E-state index is 5.91. The first-order valence-corrected chi connectivity index (χ1v) is 4.48. The predicted octanol–water partition coefficient (Wildman–Crippen LogP) is 2.39. The Morgan fingerprint density at radius 1 is 1.40 bits per heavy atom. The molecule has 2 heteroatoms. The Morgan fingerprint density at radius 2 is 2.00 bits per heavy atom. The maximum Gasteiger partial charge on any atom is 0.0345 e. The Kier molecular flexibility index (Phi) is 6.14. The van der Waals surface area contributed by atoms with E-state index in [2.05, 4.69) is 26.1 Å². The van der Waals surface area contributed by atoms with Crippen LogP contribution in [0, 0.1) is 0 Å². The monoisotopic (exact) mass is 163 g/mol. The molecule has 62 valence electrons. The minimum absolute atomic E-state index is 0.353. The van der Waals surface area contributed by atoms with Gasteiger partial charge >= 0.3 is 0 Å². The zero-order chi connectivity index (χ0) is 7.98. The van der Waals surface area contributed by atoms with Crippen molar-refractivity contribution in [1.29, 1.82) is 0 Å². The van der Waals surface area contributed by atoms with E-state index >= 15 is 0 Å². The second-order valence-corrected chi connectivity index (χ2v) is 3.52. The topological polar surface area (TPSA) is 12.0 Å². The van der Waals surface area contributed by atoms with Gasteiger partial charge in [0.2, 0.25) is 0 Å². The van der Waals surface area contributed by atoms with Gasteiger partial charge in [-0.2, -0.15) is 0 Å². The molecule has 0 rings (SSSR count). The Hall–Kier alpha value is 0.250. The van der Waals surface area contributed by atoms with Crippen LogP contribution in [0.2, 0.25) is 0 Å². The first-order valence-electron chi connectivity index (χ1n) is 4.04. The smallest absolute Gasteiger partial charge is 0.0345 e. The highest BCUT2D eigenvalue weighted by molar-refractivity contribution is 6.20. The molecule has 0 aromatic heterocycles. The molecule has 1 atom stereocenters. The van der Waals surface area contributed by atoms with Gasteiger partial charge in [0.1, 0.15) is 0 Å². The Balaban J connectivity index is 3.03. The van der Waals surface area contributed by atoms with Crippen molar-refractivity contribution < 1.29 is 0 Å². The van der Waals surface area contributed by atoms with E-state index in [1.165, 1.54) is 0 Å². The lowest BCUT2D eigenvalue weighted by Crippen LogP contribution is -2.25.